The quantitative estimate of drug-likeness (QED) is 0.103. The van der Waals surface area contributed by atoms with Gasteiger partial charge in [0.25, 0.3) is 5.91 Å². The van der Waals surface area contributed by atoms with Crippen LogP contribution < -0.4 is 10.6 Å². The predicted octanol–water partition coefficient (Wildman–Crippen LogP) is 2.36. The van der Waals surface area contributed by atoms with Gasteiger partial charge in [0, 0.05) is 43.6 Å². The summed E-state index contributed by atoms with van der Waals surface area (Å²) < 4.78 is 23.0. The minimum absolute atomic E-state index is 0.0686. The molecule has 2 amide bonds. The number of rotatable bonds is 10. The molecule has 0 radical (unpaired) electrons. The molecule has 0 spiro atoms. The number of ketones is 1. The average molecular weight is 867 g/mol. The summed E-state index contributed by atoms with van der Waals surface area (Å²) >= 11 is 0. The van der Waals surface area contributed by atoms with E-state index < -0.39 is 131 Å². The van der Waals surface area contributed by atoms with E-state index in [0.717, 1.165) is 13.8 Å². The van der Waals surface area contributed by atoms with Crippen molar-refractivity contribution in [3.63, 3.8) is 0 Å². The first-order valence-electron chi connectivity index (χ1n) is 20.4. The molecular weight excluding hydrogens is 808 g/mol. The standard InChI is InChI=1S/C45H58N2O15/c1-23-28(60-39(56)33(53)32(26-16-12-10-13-17-26)46-40(57)62-41(4,5)6)21-45(58)36(47-38(55)27-18-14-11-15-19-27)35-43(9,29(51)20-30(52)44(35,22-48)61-25(3)50)37(54)34(59-24(2)49)31(23)42(45,7)8/h10-19,28-30,32-36,48,51-53,58H,20-22H2,1-9H3,(H,46,57)(H,47,55)/t28-,29-,30-,32-,33-,34+,35?,36-,43+,44-,45+/m0/s1. The van der Waals surface area contributed by atoms with Gasteiger partial charge in [-0.3, -0.25) is 19.2 Å². The zero-order valence-electron chi connectivity index (χ0n) is 36.3. The third-order valence-corrected chi connectivity index (χ3v) is 12.7. The molecule has 2 saturated carbocycles. The van der Waals surface area contributed by atoms with Crippen LogP contribution in [0.25, 0.3) is 0 Å². The molecule has 0 saturated heterocycles. The van der Waals surface area contributed by atoms with E-state index in [9.17, 15) is 49.5 Å². The number of carbonyl (C=O) groups excluding carboxylic acids is 6. The van der Waals surface area contributed by atoms with Gasteiger partial charge < -0.3 is 55.1 Å². The number of hydrogen-bond donors (Lipinski definition) is 7. The van der Waals surface area contributed by atoms with Gasteiger partial charge in [-0.1, -0.05) is 62.4 Å². The molecule has 2 bridgehead atoms. The Hall–Kier alpha value is -5.20. The lowest BCUT2D eigenvalue weighted by Gasteiger charge is -2.65. The van der Waals surface area contributed by atoms with Crippen LogP contribution in [0.2, 0.25) is 0 Å². The van der Waals surface area contributed by atoms with Crippen LogP contribution in [0.5, 0.6) is 0 Å². The van der Waals surface area contributed by atoms with Crippen LogP contribution in [0.3, 0.4) is 0 Å². The number of aliphatic hydroxyl groups is 5. The molecule has 1 unspecified atom stereocenters. The summed E-state index contributed by atoms with van der Waals surface area (Å²) in [5.41, 5.74) is -9.62. The number of aliphatic hydroxyl groups excluding tert-OH is 4. The Morgan fingerprint density at radius 1 is 0.887 bits per heavy atom. The minimum Gasteiger partial charge on any atom is -0.456 e. The summed E-state index contributed by atoms with van der Waals surface area (Å²) in [7, 11) is 0. The number of ether oxygens (including phenoxy) is 4. The molecule has 17 heteroatoms. The van der Waals surface area contributed by atoms with Gasteiger partial charge in [-0.25, -0.2) is 9.59 Å². The number of benzene rings is 2. The molecule has 11 atom stereocenters. The van der Waals surface area contributed by atoms with Crippen LogP contribution in [-0.4, -0.2) is 121 Å². The summed E-state index contributed by atoms with van der Waals surface area (Å²) in [5, 5.41) is 65.6. The van der Waals surface area contributed by atoms with Gasteiger partial charge in [-0.15, -0.1) is 0 Å². The van der Waals surface area contributed by atoms with Crippen molar-refractivity contribution in [2.24, 2.45) is 16.7 Å². The first-order chi connectivity index (χ1) is 28.8. The first-order valence-corrected chi connectivity index (χ1v) is 20.4. The van der Waals surface area contributed by atoms with Gasteiger partial charge in [-0.05, 0) is 63.5 Å². The van der Waals surface area contributed by atoms with E-state index in [-0.39, 0.29) is 22.3 Å². The number of esters is 3. The van der Waals surface area contributed by atoms with Gasteiger partial charge in [0.1, 0.15) is 11.7 Å². The predicted molar refractivity (Wildman–Crippen MR) is 219 cm³/mol. The smallest absolute Gasteiger partial charge is 0.408 e. The molecule has 17 nitrogen and oxygen atoms in total. The lowest BCUT2D eigenvalue weighted by Crippen LogP contribution is -2.80. The zero-order chi connectivity index (χ0) is 46.3. The minimum atomic E-state index is -2.51. The monoisotopic (exact) mass is 866 g/mol. The summed E-state index contributed by atoms with van der Waals surface area (Å²) in [4.78, 5) is 82.9. The molecule has 338 valence electrons. The van der Waals surface area contributed by atoms with Crippen molar-refractivity contribution in [1.82, 2.24) is 10.6 Å². The first kappa shape index (κ1) is 47.8. The second-order valence-electron chi connectivity index (χ2n) is 18.2. The number of fused-ring (bicyclic) bond motifs is 3. The average Bonchev–Trinajstić information content (AvgIpc) is 3.18. The molecule has 62 heavy (non-hydrogen) atoms. The largest absolute Gasteiger partial charge is 0.456 e. The molecular formula is C45H58N2O15. The highest BCUT2D eigenvalue weighted by Crippen LogP contribution is 2.62. The van der Waals surface area contributed by atoms with Gasteiger partial charge in [0.05, 0.1) is 41.9 Å². The van der Waals surface area contributed by atoms with E-state index in [2.05, 4.69) is 10.6 Å². The van der Waals surface area contributed by atoms with Crippen molar-refractivity contribution in [1.29, 1.82) is 0 Å². The topological polar surface area (TPSA) is 265 Å². The molecule has 0 heterocycles. The Bertz CT molecular complexity index is 2080. The normalized spacial score (nSPS) is 31.5. The fraction of sp³-hybridized carbons (Fsp3) is 0.556. The van der Waals surface area contributed by atoms with Crippen LogP contribution in [0, 0.1) is 16.7 Å². The van der Waals surface area contributed by atoms with Crippen molar-refractivity contribution in [2.75, 3.05) is 6.61 Å². The molecule has 0 aliphatic heterocycles. The van der Waals surface area contributed by atoms with Crippen molar-refractivity contribution in [2.45, 2.75) is 135 Å². The highest BCUT2D eigenvalue weighted by Gasteiger charge is 2.75. The van der Waals surface area contributed by atoms with Gasteiger partial charge in [-0.2, -0.15) is 0 Å². The molecule has 2 aromatic rings. The second-order valence-corrected chi connectivity index (χ2v) is 18.2. The second kappa shape index (κ2) is 17.5. The maximum atomic E-state index is 15.5. The number of nitrogens with one attached hydrogen (secondary N) is 2. The SMILES string of the molecule is CC(=O)O[C@H]1C(=O)[C@@]2(C)C([C@H](NC(=O)c3ccccc3)[C@]3(O)C[C@H](OC(=O)[C@@H](O)[C@@H](NC(=O)OC(C)(C)C)c4ccccc4)C(C)=C1C3(C)C)[C@@](CO)(OC(C)=O)[C@@H](O)C[C@@H]2O. The number of alkyl carbamates (subject to hydrolysis) is 1. The zero-order valence-corrected chi connectivity index (χ0v) is 36.3. The molecule has 7 N–H and O–H groups in total. The van der Waals surface area contributed by atoms with Crippen LogP contribution in [0.15, 0.2) is 71.8 Å². The third kappa shape index (κ3) is 8.60. The Balaban J connectivity index is 1.76. The lowest BCUT2D eigenvalue weighted by molar-refractivity contribution is -0.267. The van der Waals surface area contributed by atoms with Gasteiger partial charge in [0.15, 0.2) is 23.6 Å². The number of amides is 2. The third-order valence-electron chi connectivity index (χ3n) is 12.7. The van der Waals surface area contributed by atoms with Crippen molar-refractivity contribution in [3.8, 4) is 0 Å². The maximum absolute atomic E-state index is 15.5. The van der Waals surface area contributed by atoms with E-state index in [1.807, 2.05) is 0 Å². The van der Waals surface area contributed by atoms with Crippen molar-refractivity contribution < 1.29 is 73.2 Å². The molecule has 2 aromatic carbocycles. The Kier molecular flexibility index (Phi) is 13.5. The van der Waals surface area contributed by atoms with E-state index >= 15 is 4.79 Å². The molecule has 3 aliphatic carbocycles. The van der Waals surface area contributed by atoms with Crippen molar-refractivity contribution >= 4 is 35.7 Å². The van der Waals surface area contributed by atoms with Crippen LogP contribution >= 0.6 is 0 Å². The van der Waals surface area contributed by atoms with Gasteiger partial charge in [0.2, 0.25) is 0 Å². The van der Waals surface area contributed by atoms with E-state index in [1.54, 1.807) is 69.3 Å². The van der Waals surface area contributed by atoms with E-state index in [4.69, 9.17) is 18.9 Å². The lowest BCUT2D eigenvalue weighted by atomic mass is 9.44. The summed E-state index contributed by atoms with van der Waals surface area (Å²) in [6.07, 6.45) is -11.6. The highest BCUT2D eigenvalue weighted by atomic mass is 16.6. The van der Waals surface area contributed by atoms with Crippen molar-refractivity contribution in [3.05, 3.63) is 82.9 Å². The van der Waals surface area contributed by atoms with E-state index in [1.165, 1.54) is 39.8 Å². The molecule has 3 aliphatic rings. The fourth-order valence-corrected chi connectivity index (χ4v) is 9.70. The Morgan fingerprint density at radius 2 is 1.47 bits per heavy atom. The summed E-state index contributed by atoms with van der Waals surface area (Å²) in [6.45, 7) is 11.4. The molecule has 2 fully saturated rings. The number of Topliss-reactive ketones (excluding diaryl/α,β-unsaturated/α-hetero) is 1. The highest BCUT2D eigenvalue weighted by molar-refractivity contribution is 5.97. The molecule has 5 rings (SSSR count). The van der Waals surface area contributed by atoms with Crippen LogP contribution in [0.4, 0.5) is 4.79 Å². The number of carbonyl (C=O) groups is 6. The summed E-state index contributed by atoms with van der Waals surface area (Å²) in [6, 6.07) is 12.4. The Labute approximate surface area is 359 Å². The fourth-order valence-electron chi connectivity index (χ4n) is 9.70. The van der Waals surface area contributed by atoms with Crippen LogP contribution in [0.1, 0.15) is 97.1 Å². The maximum Gasteiger partial charge on any atom is 0.408 e. The summed E-state index contributed by atoms with van der Waals surface area (Å²) in [5.74, 6) is -7.04. The van der Waals surface area contributed by atoms with Gasteiger partial charge >= 0.3 is 24.0 Å². The van der Waals surface area contributed by atoms with E-state index in [0.29, 0.717) is 0 Å². The number of hydrogen-bond acceptors (Lipinski definition) is 15. The Morgan fingerprint density at radius 3 is 2.00 bits per heavy atom. The molecule has 0 aromatic heterocycles. The van der Waals surface area contributed by atoms with Crippen LogP contribution in [-0.2, 0) is 38.1 Å².